The van der Waals surface area contributed by atoms with E-state index in [2.05, 4.69) is 0 Å². The monoisotopic (exact) mass is 395 g/mol. The van der Waals surface area contributed by atoms with E-state index in [4.69, 9.17) is 4.74 Å². The number of aromatic carboxylic acids is 1. The van der Waals surface area contributed by atoms with Crippen LogP contribution in [-0.2, 0) is 11.2 Å². The van der Waals surface area contributed by atoms with Crippen molar-refractivity contribution in [2.75, 3.05) is 20.2 Å². The van der Waals surface area contributed by atoms with Crippen LogP contribution in [0.25, 0.3) is 0 Å². The second-order valence-electron chi connectivity index (χ2n) is 7.67. The lowest BCUT2D eigenvalue weighted by Gasteiger charge is -2.34. The largest absolute Gasteiger partial charge is 0.497 e. The maximum atomic E-state index is 13.1. The first kappa shape index (κ1) is 20.9. The number of carboxylic acids is 1. The quantitative estimate of drug-likeness (QED) is 0.756. The predicted molar refractivity (Wildman–Crippen MR) is 112 cm³/mol. The van der Waals surface area contributed by atoms with Crippen molar-refractivity contribution >= 4 is 11.9 Å². The van der Waals surface area contributed by atoms with Crippen molar-refractivity contribution in [3.63, 3.8) is 0 Å². The van der Waals surface area contributed by atoms with E-state index in [1.807, 2.05) is 48.2 Å². The Hall–Kier alpha value is -2.82. The number of piperidine rings is 1. The van der Waals surface area contributed by atoms with Crippen molar-refractivity contribution in [3.8, 4) is 5.75 Å². The first-order valence-electron chi connectivity index (χ1n) is 10.3. The summed E-state index contributed by atoms with van der Waals surface area (Å²) in [7, 11) is 1.64. The summed E-state index contributed by atoms with van der Waals surface area (Å²) in [5, 5.41) is 9.38. The number of amides is 1. The van der Waals surface area contributed by atoms with Crippen molar-refractivity contribution in [3.05, 3.63) is 65.2 Å². The van der Waals surface area contributed by atoms with Crippen molar-refractivity contribution in [1.29, 1.82) is 0 Å². The Morgan fingerprint density at radius 2 is 1.76 bits per heavy atom. The molecule has 0 saturated carbocycles. The lowest BCUT2D eigenvalue weighted by Crippen LogP contribution is -2.41. The second kappa shape index (κ2) is 9.59. The summed E-state index contributed by atoms with van der Waals surface area (Å²) >= 11 is 0. The Morgan fingerprint density at radius 3 is 2.34 bits per heavy atom. The molecule has 1 aliphatic heterocycles. The van der Waals surface area contributed by atoms with Gasteiger partial charge in [0.25, 0.3) is 0 Å². The molecular weight excluding hydrogens is 366 g/mol. The molecule has 0 bridgehead atoms. The highest BCUT2D eigenvalue weighted by Gasteiger charge is 2.29. The summed E-state index contributed by atoms with van der Waals surface area (Å²) in [4.78, 5) is 26.5. The van der Waals surface area contributed by atoms with Crippen LogP contribution in [0.3, 0.4) is 0 Å². The van der Waals surface area contributed by atoms with Crippen molar-refractivity contribution < 1.29 is 19.4 Å². The maximum Gasteiger partial charge on any atom is 0.335 e. The van der Waals surface area contributed by atoms with Gasteiger partial charge in [-0.3, -0.25) is 4.79 Å². The molecule has 3 rings (SSSR count). The first-order chi connectivity index (χ1) is 14.0. The number of nitrogens with zero attached hydrogens (tertiary/aromatic N) is 1. The Labute approximate surface area is 172 Å². The number of carbonyl (C=O) groups is 2. The molecule has 154 valence electrons. The lowest BCUT2D eigenvalue weighted by atomic mass is 9.87. The minimum Gasteiger partial charge on any atom is -0.497 e. The standard InChI is InChI=1S/C24H29NO4/c1-3-21(18-8-10-20(29-2)11-9-18)23(26)25-14-12-17(13-15-25)16-19-6-4-5-7-22(19)24(27)28/h4-11,17,21H,3,12-16H2,1-2H3,(H,27,28). The van der Waals surface area contributed by atoms with Gasteiger partial charge in [-0.2, -0.15) is 0 Å². The van der Waals surface area contributed by atoms with Crippen molar-refractivity contribution in [2.45, 2.75) is 38.5 Å². The average Bonchev–Trinajstić information content (AvgIpc) is 2.75. The predicted octanol–water partition coefficient (Wildman–Crippen LogP) is 4.37. The van der Waals surface area contributed by atoms with E-state index in [1.165, 1.54) is 0 Å². The topological polar surface area (TPSA) is 66.8 Å². The molecule has 0 aromatic heterocycles. The summed E-state index contributed by atoms with van der Waals surface area (Å²) in [6.07, 6.45) is 3.31. The SMILES string of the molecule is CCC(C(=O)N1CCC(Cc2ccccc2C(=O)O)CC1)c1ccc(OC)cc1. The average molecular weight is 395 g/mol. The third-order valence-electron chi connectivity index (χ3n) is 5.91. The zero-order valence-corrected chi connectivity index (χ0v) is 17.1. The van der Waals surface area contributed by atoms with E-state index in [1.54, 1.807) is 19.2 Å². The van der Waals surface area contributed by atoms with E-state index in [9.17, 15) is 14.7 Å². The van der Waals surface area contributed by atoms with Gasteiger partial charge < -0.3 is 14.7 Å². The molecule has 2 aromatic rings. The van der Waals surface area contributed by atoms with E-state index in [0.717, 1.165) is 55.6 Å². The Balaban J connectivity index is 1.60. The number of likely N-dealkylation sites (tertiary alicyclic amines) is 1. The maximum absolute atomic E-state index is 13.1. The Bertz CT molecular complexity index is 838. The molecule has 1 fully saturated rings. The zero-order chi connectivity index (χ0) is 20.8. The van der Waals surface area contributed by atoms with Crippen LogP contribution >= 0.6 is 0 Å². The van der Waals surface area contributed by atoms with Crippen LogP contribution in [0.5, 0.6) is 5.75 Å². The van der Waals surface area contributed by atoms with Gasteiger partial charge in [-0.05, 0) is 60.9 Å². The molecule has 1 saturated heterocycles. The number of carboxylic acid groups (broad SMARTS) is 1. The molecule has 0 spiro atoms. The molecule has 5 nitrogen and oxygen atoms in total. The van der Waals surface area contributed by atoms with Gasteiger partial charge in [-0.1, -0.05) is 37.3 Å². The smallest absolute Gasteiger partial charge is 0.335 e. The summed E-state index contributed by atoms with van der Waals surface area (Å²) in [6.45, 7) is 3.50. The fourth-order valence-corrected chi connectivity index (χ4v) is 4.18. The van der Waals surface area contributed by atoms with Crippen LogP contribution < -0.4 is 4.74 Å². The number of hydrogen-bond acceptors (Lipinski definition) is 3. The molecule has 1 amide bonds. The molecule has 29 heavy (non-hydrogen) atoms. The van der Waals surface area contributed by atoms with Gasteiger partial charge in [0.05, 0.1) is 18.6 Å². The third kappa shape index (κ3) is 4.97. The van der Waals surface area contributed by atoms with Gasteiger partial charge in [0.1, 0.15) is 5.75 Å². The van der Waals surface area contributed by atoms with Crippen LogP contribution in [-0.4, -0.2) is 42.1 Å². The Kier molecular flexibility index (Phi) is 6.91. The number of rotatable bonds is 7. The van der Waals surface area contributed by atoms with E-state index >= 15 is 0 Å². The fraction of sp³-hybridized carbons (Fsp3) is 0.417. The van der Waals surface area contributed by atoms with Gasteiger partial charge in [-0.25, -0.2) is 4.79 Å². The molecule has 2 aromatic carbocycles. The molecular formula is C24H29NO4. The van der Waals surface area contributed by atoms with Gasteiger partial charge >= 0.3 is 5.97 Å². The van der Waals surface area contributed by atoms with Gasteiger partial charge in [-0.15, -0.1) is 0 Å². The van der Waals surface area contributed by atoms with Crippen LogP contribution in [0.15, 0.2) is 48.5 Å². The molecule has 1 N–H and O–H groups in total. The molecule has 1 heterocycles. The highest BCUT2D eigenvalue weighted by atomic mass is 16.5. The molecule has 1 unspecified atom stereocenters. The number of methoxy groups -OCH3 is 1. The summed E-state index contributed by atoms with van der Waals surface area (Å²) in [5.74, 6) is 0.366. The number of carbonyl (C=O) groups excluding carboxylic acids is 1. The molecule has 5 heteroatoms. The molecule has 0 aliphatic carbocycles. The normalized spacial score (nSPS) is 15.7. The van der Waals surface area contributed by atoms with Crippen molar-refractivity contribution in [1.82, 2.24) is 4.90 Å². The van der Waals surface area contributed by atoms with Crippen LogP contribution in [0, 0.1) is 5.92 Å². The first-order valence-corrected chi connectivity index (χ1v) is 10.3. The Morgan fingerprint density at radius 1 is 1.10 bits per heavy atom. The van der Waals surface area contributed by atoms with Crippen LogP contribution in [0.2, 0.25) is 0 Å². The number of ether oxygens (including phenoxy) is 1. The van der Waals surface area contributed by atoms with Gasteiger partial charge in [0, 0.05) is 13.1 Å². The van der Waals surface area contributed by atoms with E-state index in [0.29, 0.717) is 11.5 Å². The van der Waals surface area contributed by atoms with E-state index in [-0.39, 0.29) is 11.8 Å². The third-order valence-corrected chi connectivity index (χ3v) is 5.91. The second-order valence-corrected chi connectivity index (χ2v) is 7.67. The zero-order valence-electron chi connectivity index (χ0n) is 17.1. The lowest BCUT2D eigenvalue weighted by molar-refractivity contribution is -0.134. The molecule has 1 atom stereocenters. The fourth-order valence-electron chi connectivity index (χ4n) is 4.18. The summed E-state index contributed by atoms with van der Waals surface area (Å²) in [6, 6.07) is 15.0. The number of benzene rings is 2. The number of hydrogen-bond donors (Lipinski definition) is 1. The summed E-state index contributed by atoms with van der Waals surface area (Å²) in [5.41, 5.74) is 2.29. The van der Waals surface area contributed by atoms with Gasteiger partial charge in [0.2, 0.25) is 5.91 Å². The minimum absolute atomic E-state index is 0.134. The molecule has 0 radical (unpaired) electrons. The highest BCUT2D eigenvalue weighted by Crippen LogP contribution is 2.28. The van der Waals surface area contributed by atoms with Crippen LogP contribution in [0.4, 0.5) is 0 Å². The highest BCUT2D eigenvalue weighted by molar-refractivity contribution is 5.89. The van der Waals surface area contributed by atoms with Crippen molar-refractivity contribution in [2.24, 2.45) is 5.92 Å². The summed E-state index contributed by atoms with van der Waals surface area (Å²) < 4.78 is 5.21. The van der Waals surface area contributed by atoms with Crippen LogP contribution in [0.1, 0.15) is 53.6 Å². The van der Waals surface area contributed by atoms with Gasteiger partial charge in [0.15, 0.2) is 0 Å². The minimum atomic E-state index is -0.876. The molecule has 1 aliphatic rings. The van der Waals surface area contributed by atoms with E-state index < -0.39 is 5.97 Å².